The zero-order chi connectivity index (χ0) is 19.4. The highest BCUT2D eigenvalue weighted by molar-refractivity contribution is 5.95. The number of nitrogens with one attached hydrogen (secondary N) is 2. The number of benzene rings is 1. The van der Waals surface area contributed by atoms with Crippen LogP contribution in [0.1, 0.15) is 43.5 Å². The summed E-state index contributed by atoms with van der Waals surface area (Å²) < 4.78 is 10.9. The summed E-state index contributed by atoms with van der Waals surface area (Å²) in [4.78, 5) is 26.6. The van der Waals surface area contributed by atoms with Crippen LogP contribution in [-0.4, -0.2) is 61.6 Å². The molecule has 3 rings (SSSR count). The number of methoxy groups -OCH3 is 1. The van der Waals surface area contributed by atoms with Crippen LogP contribution < -0.4 is 20.1 Å². The van der Waals surface area contributed by atoms with E-state index in [2.05, 4.69) is 10.6 Å². The average molecular weight is 375 g/mol. The van der Waals surface area contributed by atoms with E-state index in [-0.39, 0.29) is 24.5 Å². The lowest BCUT2D eigenvalue weighted by atomic mass is 10.1. The Bertz CT molecular complexity index is 692. The molecule has 2 fully saturated rings. The molecule has 2 aliphatic rings. The smallest absolute Gasteiger partial charge is 0.258 e. The number of fused-ring (bicyclic) bond motifs is 2. The molecule has 0 radical (unpaired) electrons. The van der Waals surface area contributed by atoms with Crippen molar-refractivity contribution in [2.75, 3.05) is 26.8 Å². The molecule has 2 aliphatic heterocycles. The third kappa shape index (κ3) is 4.91. The summed E-state index contributed by atoms with van der Waals surface area (Å²) >= 11 is 0. The van der Waals surface area contributed by atoms with Gasteiger partial charge < -0.3 is 25.0 Å². The van der Waals surface area contributed by atoms with Gasteiger partial charge in [-0.2, -0.15) is 0 Å². The van der Waals surface area contributed by atoms with E-state index in [9.17, 15) is 9.59 Å². The summed E-state index contributed by atoms with van der Waals surface area (Å²) in [5, 5.41) is 6.36. The number of carbonyl (C=O) groups excluding carboxylic acids is 2. The first kappa shape index (κ1) is 19.5. The third-order valence-corrected chi connectivity index (χ3v) is 5.03. The largest absolute Gasteiger partial charge is 0.493 e. The third-order valence-electron chi connectivity index (χ3n) is 5.03. The number of ether oxygens (including phenoxy) is 2. The first-order valence-corrected chi connectivity index (χ1v) is 9.61. The minimum absolute atomic E-state index is 0.00625. The Morgan fingerprint density at radius 3 is 2.74 bits per heavy atom. The number of hydrogen-bond acceptors (Lipinski definition) is 5. The number of amides is 2. The van der Waals surface area contributed by atoms with E-state index >= 15 is 0 Å². The topological polar surface area (TPSA) is 79.9 Å². The van der Waals surface area contributed by atoms with Crippen molar-refractivity contribution >= 4 is 11.8 Å². The first-order valence-electron chi connectivity index (χ1n) is 9.61. The zero-order valence-corrected chi connectivity index (χ0v) is 16.3. The van der Waals surface area contributed by atoms with Gasteiger partial charge in [0.1, 0.15) is 0 Å². The fraction of sp³-hybridized carbons (Fsp3) is 0.600. The Hall–Kier alpha value is -2.28. The molecule has 0 spiro atoms. The second-order valence-electron chi connectivity index (χ2n) is 7.55. The first-order chi connectivity index (χ1) is 13.0. The van der Waals surface area contributed by atoms with Gasteiger partial charge in [-0.05, 0) is 51.3 Å². The van der Waals surface area contributed by atoms with Crippen molar-refractivity contribution in [3.8, 4) is 11.5 Å². The summed E-state index contributed by atoms with van der Waals surface area (Å²) in [7, 11) is 1.53. The van der Waals surface area contributed by atoms with Crippen LogP contribution in [0.5, 0.6) is 11.5 Å². The SMILES string of the molecule is COc1cc(C(=O)N2CCC3CCC(C2)N3)ccc1OCC(=O)NC(C)C. The van der Waals surface area contributed by atoms with E-state index in [0.29, 0.717) is 29.1 Å². The normalized spacial score (nSPS) is 21.7. The second kappa shape index (κ2) is 8.61. The van der Waals surface area contributed by atoms with Crippen molar-refractivity contribution in [2.45, 2.75) is 51.2 Å². The number of likely N-dealkylation sites (tertiary alicyclic amines) is 1. The lowest BCUT2D eigenvalue weighted by Crippen LogP contribution is -2.39. The van der Waals surface area contributed by atoms with Gasteiger partial charge in [0.05, 0.1) is 7.11 Å². The molecule has 7 nitrogen and oxygen atoms in total. The van der Waals surface area contributed by atoms with Crippen molar-refractivity contribution in [1.29, 1.82) is 0 Å². The van der Waals surface area contributed by atoms with Crippen LogP contribution in [0.25, 0.3) is 0 Å². The monoisotopic (exact) mass is 375 g/mol. The number of hydrogen-bond donors (Lipinski definition) is 2. The van der Waals surface area contributed by atoms with Gasteiger partial charge in [0.15, 0.2) is 18.1 Å². The van der Waals surface area contributed by atoms with Gasteiger partial charge in [-0.15, -0.1) is 0 Å². The van der Waals surface area contributed by atoms with Crippen molar-refractivity contribution < 1.29 is 19.1 Å². The van der Waals surface area contributed by atoms with E-state index in [1.165, 1.54) is 13.5 Å². The van der Waals surface area contributed by atoms with Crippen molar-refractivity contribution in [3.63, 3.8) is 0 Å². The molecule has 1 aromatic carbocycles. The molecule has 27 heavy (non-hydrogen) atoms. The van der Waals surface area contributed by atoms with Crippen LogP contribution in [0.15, 0.2) is 18.2 Å². The Labute approximate surface area is 160 Å². The van der Waals surface area contributed by atoms with Crippen molar-refractivity contribution in [3.05, 3.63) is 23.8 Å². The van der Waals surface area contributed by atoms with Crippen LogP contribution in [0, 0.1) is 0 Å². The maximum atomic E-state index is 12.9. The van der Waals surface area contributed by atoms with Crippen LogP contribution in [0.2, 0.25) is 0 Å². The summed E-state index contributed by atoms with van der Waals surface area (Å²) in [6, 6.07) is 6.10. The zero-order valence-electron chi connectivity index (χ0n) is 16.3. The highest BCUT2D eigenvalue weighted by atomic mass is 16.5. The maximum absolute atomic E-state index is 12.9. The summed E-state index contributed by atoms with van der Waals surface area (Å²) in [5.74, 6) is 0.711. The molecule has 7 heteroatoms. The molecule has 1 aromatic rings. The van der Waals surface area contributed by atoms with Gasteiger partial charge in [-0.3, -0.25) is 9.59 Å². The molecule has 2 heterocycles. The fourth-order valence-electron chi connectivity index (χ4n) is 3.74. The van der Waals surface area contributed by atoms with Gasteiger partial charge in [-0.25, -0.2) is 0 Å². The lowest BCUT2D eigenvalue weighted by molar-refractivity contribution is -0.123. The summed E-state index contributed by atoms with van der Waals surface area (Å²) in [6.07, 6.45) is 3.32. The maximum Gasteiger partial charge on any atom is 0.258 e. The molecular weight excluding hydrogens is 346 g/mol. The molecule has 2 N–H and O–H groups in total. The van der Waals surface area contributed by atoms with Gasteiger partial charge >= 0.3 is 0 Å². The van der Waals surface area contributed by atoms with Crippen molar-refractivity contribution in [1.82, 2.24) is 15.5 Å². The highest BCUT2D eigenvalue weighted by Gasteiger charge is 2.31. The lowest BCUT2D eigenvalue weighted by Gasteiger charge is -2.24. The highest BCUT2D eigenvalue weighted by Crippen LogP contribution is 2.29. The number of rotatable bonds is 6. The van der Waals surface area contributed by atoms with E-state index in [1.54, 1.807) is 18.2 Å². The van der Waals surface area contributed by atoms with Gasteiger partial charge in [0.2, 0.25) is 0 Å². The predicted octanol–water partition coefficient (Wildman–Crippen LogP) is 1.57. The van der Waals surface area contributed by atoms with Gasteiger partial charge in [-0.1, -0.05) is 0 Å². The Morgan fingerprint density at radius 1 is 1.22 bits per heavy atom. The molecule has 0 saturated carbocycles. The van der Waals surface area contributed by atoms with Crippen LogP contribution in [-0.2, 0) is 4.79 Å². The molecule has 2 unspecified atom stereocenters. The Balaban J connectivity index is 1.66. The second-order valence-corrected chi connectivity index (χ2v) is 7.55. The average Bonchev–Trinajstić information content (AvgIpc) is 2.97. The van der Waals surface area contributed by atoms with Gasteiger partial charge in [0, 0.05) is 36.8 Å². The van der Waals surface area contributed by atoms with Crippen LogP contribution >= 0.6 is 0 Å². The van der Waals surface area contributed by atoms with E-state index in [1.807, 2.05) is 18.7 Å². The number of nitrogens with zero attached hydrogens (tertiary/aromatic N) is 1. The fourth-order valence-corrected chi connectivity index (χ4v) is 3.74. The standard InChI is InChI=1S/C20H29N3O4/c1-13(2)21-19(24)12-27-17-7-4-14(10-18(17)26-3)20(25)23-9-8-15-5-6-16(11-23)22-15/h4,7,10,13,15-16,22H,5-6,8-9,11-12H2,1-3H3,(H,21,24). The van der Waals surface area contributed by atoms with E-state index in [0.717, 1.165) is 25.9 Å². The van der Waals surface area contributed by atoms with Crippen LogP contribution in [0.4, 0.5) is 0 Å². The predicted molar refractivity (Wildman–Crippen MR) is 102 cm³/mol. The molecule has 2 saturated heterocycles. The molecule has 0 aromatic heterocycles. The molecule has 2 bridgehead atoms. The minimum atomic E-state index is -0.195. The molecule has 2 atom stereocenters. The molecular formula is C20H29N3O4. The van der Waals surface area contributed by atoms with E-state index in [4.69, 9.17) is 9.47 Å². The van der Waals surface area contributed by atoms with Crippen molar-refractivity contribution in [2.24, 2.45) is 0 Å². The summed E-state index contributed by atoms with van der Waals surface area (Å²) in [6.45, 7) is 5.20. The molecule has 148 valence electrons. The Kier molecular flexibility index (Phi) is 6.21. The van der Waals surface area contributed by atoms with Crippen LogP contribution in [0.3, 0.4) is 0 Å². The minimum Gasteiger partial charge on any atom is -0.493 e. The van der Waals surface area contributed by atoms with E-state index < -0.39 is 0 Å². The quantitative estimate of drug-likeness (QED) is 0.789. The van der Waals surface area contributed by atoms with Gasteiger partial charge in [0.25, 0.3) is 11.8 Å². The molecule has 0 aliphatic carbocycles. The molecule has 2 amide bonds. The number of carbonyl (C=O) groups is 2. The Morgan fingerprint density at radius 2 is 2.00 bits per heavy atom. The summed E-state index contributed by atoms with van der Waals surface area (Å²) in [5.41, 5.74) is 0.573.